The fourth-order valence-corrected chi connectivity index (χ4v) is 6.11. The summed E-state index contributed by atoms with van der Waals surface area (Å²) >= 11 is 1.67. The van der Waals surface area contributed by atoms with Gasteiger partial charge in [0.1, 0.15) is 6.04 Å². The van der Waals surface area contributed by atoms with E-state index < -0.39 is 30.3 Å². The zero-order valence-corrected chi connectivity index (χ0v) is 23.4. The Labute approximate surface area is 246 Å². The average Bonchev–Trinajstić information content (AvgIpc) is 3.50. The van der Waals surface area contributed by atoms with Crippen molar-refractivity contribution in [2.24, 2.45) is 0 Å². The zero-order chi connectivity index (χ0) is 29.7. The van der Waals surface area contributed by atoms with Crippen LogP contribution in [0, 0.1) is 0 Å². The van der Waals surface area contributed by atoms with Gasteiger partial charge < -0.3 is 24.8 Å². The normalized spacial score (nSPS) is 22.6. The fraction of sp³-hybridized carbons (Fsp3) is 0.355. The van der Waals surface area contributed by atoms with Gasteiger partial charge in [-0.2, -0.15) is 13.2 Å². The Morgan fingerprint density at radius 2 is 1.74 bits per heavy atom. The third-order valence-electron chi connectivity index (χ3n) is 7.28. The maximum absolute atomic E-state index is 13.0. The smallest absolute Gasteiger partial charge is 0.392 e. The highest BCUT2D eigenvalue weighted by Gasteiger charge is 2.47. The number of nitrogens with one attached hydrogen (secondary N) is 1. The molecule has 2 saturated heterocycles. The highest BCUT2D eigenvalue weighted by atomic mass is 32.2. The largest absolute Gasteiger partial charge is 0.471 e. The minimum atomic E-state index is -5.04. The molecule has 0 spiro atoms. The predicted molar refractivity (Wildman–Crippen MR) is 151 cm³/mol. The number of rotatable bonds is 8. The van der Waals surface area contributed by atoms with Crippen LogP contribution in [-0.2, 0) is 25.7 Å². The molecule has 0 unspecified atom stereocenters. The molecule has 0 aliphatic carbocycles. The van der Waals surface area contributed by atoms with E-state index in [0.29, 0.717) is 34.7 Å². The summed E-state index contributed by atoms with van der Waals surface area (Å²) in [6, 6.07) is 23.1. The summed E-state index contributed by atoms with van der Waals surface area (Å²) in [5.74, 6) is -2.00. The number of hydrogen-bond donors (Lipinski definition) is 2. The van der Waals surface area contributed by atoms with E-state index in [-0.39, 0.29) is 31.8 Å². The Bertz CT molecular complexity index is 1370. The lowest BCUT2D eigenvalue weighted by Gasteiger charge is -2.36. The van der Waals surface area contributed by atoms with E-state index in [1.165, 1.54) is 0 Å². The van der Waals surface area contributed by atoms with Crippen LogP contribution in [0.4, 0.5) is 18.9 Å². The van der Waals surface area contributed by atoms with Gasteiger partial charge in [0.15, 0.2) is 6.29 Å². The molecule has 0 saturated carbocycles. The van der Waals surface area contributed by atoms with E-state index in [2.05, 4.69) is 5.32 Å². The number of carbonyl (C=O) groups excluding carboxylic acids is 2. The monoisotopic (exact) mass is 600 g/mol. The number of aliphatic hydroxyl groups is 1. The molecule has 2 N–H and O–H groups in total. The van der Waals surface area contributed by atoms with Gasteiger partial charge in [0.05, 0.1) is 18.8 Å². The van der Waals surface area contributed by atoms with Gasteiger partial charge in [0, 0.05) is 34.9 Å². The standard InChI is InChI=1S/C31H31F3N2O5S/c32-31(33,34)30(39)36-15-5-10-26(36)28(38)35-23-7-4-6-22(16-23)29-40-24(19-42-25-8-2-1-3-9-25)17-27(41-29)21-13-11-20(18-37)12-14-21/h1-4,6-9,11-14,16,24,26-27,29,37H,5,10,15,17-19H2,(H,35,38)/t24-,26-,27+,29+/m0/s1. The van der Waals surface area contributed by atoms with Crippen molar-refractivity contribution in [2.45, 2.75) is 61.5 Å². The Hall–Kier alpha value is -3.38. The second-order valence-electron chi connectivity index (χ2n) is 10.2. The highest BCUT2D eigenvalue weighted by Crippen LogP contribution is 2.40. The van der Waals surface area contributed by atoms with Crippen LogP contribution >= 0.6 is 11.8 Å². The second-order valence-corrected chi connectivity index (χ2v) is 11.3. The van der Waals surface area contributed by atoms with E-state index in [0.717, 1.165) is 16.0 Å². The number of anilines is 1. The number of aliphatic hydroxyl groups excluding tert-OH is 1. The number of carbonyl (C=O) groups is 2. The first kappa shape index (κ1) is 30.1. The summed E-state index contributed by atoms with van der Waals surface area (Å²) < 4.78 is 51.8. The van der Waals surface area contributed by atoms with E-state index in [1.807, 2.05) is 54.6 Å². The van der Waals surface area contributed by atoms with Crippen molar-refractivity contribution < 1.29 is 37.3 Å². The number of halogens is 3. The van der Waals surface area contributed by atoms with Crippen LogP contribution in [0.25, 0.3) is 0 Å². The summed E-state index contributed by atoms with van der Waals surface area (Å²) in [6.45, 7) is -0.182. The molecule has 2 aliphatic heterocycles. The first-order valence-electron chi connectivity index (χ1n) is 13.7. The molecule has 0 aromatic heterocycles. The summed E-state index contributed by atoms with van der Waals surface area (Å²) in [6.07, 6.45) is -5.20. The van der Waals surface area contributed by atoms with Crippen LogP contribution in [-0.4, -0.2) is 52.4 Å². The molecule has 222 valence electrons. The van der Waals surface area contributed by atoms with Gasteiger partial charge in [-0.25, -0.2) is 0 Å². The molecule has 7 nitrogen and oxygen atoms in total. The van der Waals surface area contributed by atoms with Crippen molar-refractivity contribution in [3.05, 3.63) is 95.6 Å². The number of hydrogen-bond acceptors (Lipinski definition) is 6. The maximum atomic E-state index is 13.0. The molecule has 3 aromatic rings. The molecule has 42 heavy (non-hydrogen) atoms. The molecule has 0 bridgehead atoms. The minimum absolute atomic E-state index is 0.0601. The lowest BCUT2D eigenvalue weighted by Crippen LogP contribution is -2.48. The van der Waals surface area contributed by atoms with Gasteiger partial charge >= 0.3 is 12.1 Å². The van der Waals surface area contributed by atoms with Crippen molar-refractivity contribution in [1.29, 1.82) is 0 Å². The molecule has 2 heterocycles. The quantitative estimate of drug-likeness (QED) is 0.308. The zero-order valence-electron chi connectivity index (χ0n) is 22.6. The molecular formula is C31H31F3N2O5S. The lowest BCUT2D eigenvalue weighted by molar-refractivity contribution is -0.245. The number of ether oxygens (including phenoxy) is 2. The van der Waals surface area contributed by atoms with E-state index >= 15 is 0 Å². The third-order valence-corrected chi connectivity index (χ3v) is 8.42. The van der Waals surface area contributed by atoms with Crippen LogP contribution in [0.3, 0.4) is 0 Å². The van der Waals surface area contributed by atoms with Gasteiger partial charge in [-0.15, -0.1) is 11.8 Å². The average molecular weight is 601 g/mol. The van der Waals surface area contributed by atoms with E-state index in [9.17, 15) is 27.9 Å². The maximum Gasteiger partial charge on any atom is 0.471 e. The second kappa shape index (κ2) is 13.3. The first-order valence-corrected chi connectivity index (χ1v) is 14.7. The summed E-state index contributed by atoms with van der Waals surface area (Å²) in [5, 5.41) is 12.1. The molecule has 4 atom stereocenters. The van der Waals surface area contributed by atoms with E-state index in [1.54, 1.807) is 36.0 Å². The predicted octanol–water partition coefficient (Wildman–Crippen LogP) is 6.01. The molecular weight excluding hydrogens is 569 g/mol. The molecule has 2 aliphatic rings. The summed E-state index contributed by atoms with van der Waals surface area (Å²) in [7, 11) is 0. The van der Waals surface area contributed by atoms with Gasteiger partial charge in [-0.3, -0.25) is 9.59 Å². The minimum Gasteiger partial charge on any atom is -0.392 e. The first-order chi connectivity index (χ1) is 20.2. The Morgan fingerprint density at radius 3 is 2.45 bits per heavy atom. The van der Waals surface area contributed by atoms with E-state index in [4.69, 9.17) is 9.47 Å². The Morgan fingerprint density at radius 1 is 0.976 bits per heavy atom. The van der Waals surface area contributed by atoms with Crippen molar-refractivity contribution in [3.8, 4) is 0 Å². The molecule has 11 heteroatoms. The number of alkyl halides is 3. The van der Waals surface area contributed by atoms with Gasteiger partial charge in [0.2, 0.25) is 5.91 Å². The van der Waals surface area contributed by atoms with Gasteiger partial charge in [-0.05, 0) is 48.2 Å². The number of benzene rings is 3. The molecule has 2 amide bonds. The number of nitrogens with zero attached hydrogens (tertiary/aromatic N) is 1. The lowest BCUT2D eigenvalue weighted by atomic mass is 10.0. The highest BCUT2D eigenvalue weighted by molar-refractivity contribution is 7.99. The number of amides is 2. The van der Waals surface area contributed by atoms with Gasteiger partial charge in [0.25, 0.3) is 0 Å². The Balaban J connectivity index is 1.32. The van der Waals surface area contributed by atoms with Crippen molar-refractivity contribution in [3.63, 3.8) is 0 Å². The summed E-state index contributed by atoms with van der Waals surface area (Å²) in [5.41, 5.74) is 2.73. The topological polar surface area (TPSA) is 88.1 Å². The molecule has 2 fully saturated rings. The van der Waals surface area contributed by atoms with Crippen LogP contribution in [0.2, 0.25) is 0 Å². The molecule has 3 aromatic carbocycles. The van der Waals surface area contributed by atoms with Crippen LogP contribution in [0.5, 0.6) is 0 Å². The molecule has 0 radical (unpaired) electrons. The number of likely N-dealkylation sites (tertiary alicyclic amines) is 1. The van der Waals surface area contributed by atoms with Crippen molar-refractivity contribution in [1.82, 2.24) is 4.90 Å². The third kappa shape index (κ3) is 7.33. The van der Waals surface area contributed by atoms with Crippen molar-refractivity contribution >= 4 is 29.3 Å². The van der Waals surface area contributed by atoms with Crippen LogP contribution in [0.1, 0.15) is 48.3 Å². The van der Waals surface area contributed by atoms with Gasteiger partial charge in [-0.1, -0.05) is 54.6 Å². The molecule has 5 rings (SSSR count). The van der Waals surface area contributed by atoms with Crippen molar-refractivity contribution in [2.75, 3.05) is 17.6 Å². The SMILES string of the molecule is O=C(Nc1cccc([C@@H]2O[C@H](CSc3ccccc3)C[C@H](c3ccc(CO)cc3)O2)c1)[C@@H]1CCCN1C(=O)C(F)(F)F. The summed E-state index contributed by atoms with van der Waals surface area (Å²) in [4.78, 5) is 26.5. The Kier molecular flexibility index (Phi) is 9.52. The fourth-order valence-electron chi connectivity index (χ4n) is 5.16. The van der Waals surface area contributed by atoms with Crippen LogP contribution < -0.4 is 5.32 Å². The number of thioether (sulfide) groups is 1. The van der Waals surface area contributed by atoms with Crippen LogP contribution in [0.15, 0.2) is 83.8 Å².